The van der Waals surface area contributed by atoms with Crippen molar-refractivity contribution in [2.24, 2.45) is 5.73 Å². The van der Waals surface area contributed by atoms with Crippen molar-refractivity contribution in [2.75, 3.05) is 13.2 Å². The summed E-state index contributed by atoms with van der Waals surface area (Å²) in [5.41, 5.74) is 1.11. The first-order valence-corrected chi connectivity index (χ1v) is 25.9. The van der Waals surface area contributed by atoms with Crippen LogP contribution in [0.2, 0.25) is 36.3 Å². The van der Waals surface area contributed by atoms with E-state index in [1.54, 1.807) is 0 Å². The first-order chi connectivity index (χ1) is 26.1. The number of hydrogen-bond acceptors (Lipinski definition) is 14. The van der Waals surface area contributed by atoms with E-state index in [0.717, 1.165) is 25.3 Å². The molecule has 1 spiro atoms. The number of aromatic nitrogens is 4. The van der Waals surface area contributed by atoms with Crippen molar-refractivity contribution in [3.8, 4) is 11.8 Å². The summed E-state index contributed by atoms with van der Waals surface area (Å²) >= 11 is 0. The zero-order valence-electron chi connectivity index (χ0n) is 34.2. The molecule has 0 radical (unpaired) electrons. The minimum Gasteiger partial charge on any atom is -0.414 e. The molecular formula is C36H55N5O13SSi2. The molecule has 5 rings (SSSR count). The van der Waals surface area contributed by atoms with Gasteiger partial charge in [0.1, 0.15) is 30.1 Å². The Bertz CT molecular complexity index is 2340. The molecule has 21 heteroatoms. The number of aryl methyl sites for hydroxylation is 1. The lowest BCUT2D eigenvalue weighted by Gasteiger charge is -2.43. The number of ether oxygens (including phenoxy) is 2. The molecule has 18 nitrogen and oxygen atoms in total. The summed E-state index contributed by atoms with van der Waals surface area (Å²) in [7, 11) is -9.67. The van der Waals surface area contributed by atoms with Crippen molar-refractivity contribution in [1.82, 2.24) is 18.7 Å². The second-order valence-electron chi connectivity index (χ2n) is 17.8. The Morgan fingerprint density at radius 2 is 1.65 bits per heavy atom. The molecule has 57 heavy (non-hydrogen) atoms. The maximum absolute atomic E-state index is 14.4. The molecule has 1 unspecified atom stereocenters. The van der Waals surface area contributed by atoms with E-state index < -0.39 is 110 Å². The van der Waals surface area contributed by atoms with Crippen LogP contribution in [-0.2, 0) is 39.2 Å². The predicted octanol–water partition coefficient (Wildman–Crippen LogP) is 1.07. The van der Waals surface area contributed by atoms with Crippen LogP contribution in [-0.4, -0.2) is 97.2 Å². The SMILES string of the molecule is Cc1cn([C@@H]2O[C@H](CO[Si](C)(C)C(C)(C)C)C3(OS(=O)(=O)C=C3N)[C@H]2O[Si](C)(C)C(C)(C)C)c(=O)n(CC#Cc2cn([C@H]3C[C@H](O)[C@@H](CO)O3)c(=O)[nH]c2=O)c1=O. The van der Waals surface area contributed by atoms with Gasteiger partial charge in [-0.2, -0.15) is 8.42 Å². The van der Waals surface area contributed by atoms with Gasteiger partial charge in [0, 0.05) is 24.4 Å². The molecule has 0 amide bonds. The van der Waals surface area contributed by atoms with Crippen LogP contribution in [0.1, 0.15) is 71.5 Å². The molecule has 0 saturated carbocycles. The van der Waals surface area contributed by atoms with Crippen LogP contribution in [0.3, 0.4) is 0 Å². The molecule has 316 valence electrons. The molecule has 5 N–H and O–H groups in total. The molecule has 2 aromatic rings. The number of aliphatic hydroxyl groups is 2. The second-order valence-corrected chi connectivity index (χ2v) is 28.8. The molecule has 0 aromatic carbocycles. The Morgan fingerprint density at radius 1 is 1.02 bits per heavy atom. The largest absolute Gasteiger partial charge is 0.414 e. The van der Waals surface area contributed by atoms with E-state index >= 15 is 0 Å². The van der Waals surface area contributed by atoms with Crippen LogP contribution >= 0.6 is 0 Å². The fourth-order valence-electron chi connectivity index (χ4n) is 6.35. The van der Waals surface area contributed by atoms with E-state index in [1.165, 1.54) is 13.1 Å². The van der Waals surface area contributed by atoms with E-state index in [0.29, 0.717) is 0 Å². The summed E-state index contributed by atoms with van der Waals surface area (Å²) in [4.78, 5) is 55.4. The molecule has 5 heterocycles. The van der Waals surface area contributed by atoms with Crippen molar-refractivity contribution in [3.05, 3.63) is 76.3 Å². The zero-order chi connectivity index (χ0) is 42.8. The fourth-order valence-corrected chi connectivity index (χ4v) is 9.85. The first kappa shape index (κ1) is 44.7. The maximum Gasteiger partial charge on any atom is 0.334 e. The van der Waals surface area contributed by atoms with Gasteiger partial charge in [-0.05, 0) is 43.2 Å². The number of aromatic amines is 1. The standard InChI is InChI=1S/C36H55N5O13SSi2/c1-21-16-41(33(47)39(30(21)45)14-12-13-22-17-40(32(46)38-29(22)44)27-15-23(43)24(18-42)51-27)31-28(53-57(10,11)35(5,6)7)36(25(37)20-55(48,49)54-36)26(52-31)19-50-56(8,9)34(2,3)4/h16-17,20,23-24,26-28,31,42-43H,14-15,18-19,37H2,1-11H3,(H,38,44,46)/t23-,24+,26+,27+,28-,31+,36?/m0/s1. The summed E-state index contributed by atoms with van der Waals surface area (Å²) in [6, 6.07) is 0. The van der Waals surface area contributed by atoms with Crippen molar-refractivity contribution >= 4 is 26.8 Å². The molecule has 3 aliphatic rings. The second kappa shape index (κ2) is 15.3. The molecule has 3 aliphatic heterocycles. The van der Waals surface area contributed by atoms with Gasteiger partial charge in [-0.15, -0.1) is 0 Å². The Balaban J connectivity index is 1.61. The smallest absolute Gasteiger partial charge is 0.334 e. The van der Waals surface area contributed by atoms with Crippen molar-refractivity contribution < 1.29 is 41.1 Å². The topological polar surface area (TPSA) is 246 Å². The highest BCUT2D eigenvalue weighted by Crippen LogP contribution is 2.52. The summed E-state index contributed by atoms with van der Waals surface area (Å²) in [6.45, 7) is 20.4. The number of nitrogens with two attached hydrogens (primary N) is 1. The lowest BCUT2D eigenvalue weighted by Crippen LogP contribution is -2.59. The number of rotatable bonds is 9. The Labute approximate surface area is 332 Å². The number of nitrogens with one attached hydrogen (secondary N) is 1. The minimum absolute atomic E-state index is 0.0331. The maximum atomic E-state index is 14.4. The highest BCUT2D eigenvalue weighted by Gasteiger charge is 2.67. The van der Waals surface area contributed by atoms with Gasteiger partial charge < -0.3 is 34.3 Å². The molecule has 0 aliphatic carbocycles. The van der Waals surface area contributed by atoms with Gasteiger partial charge in [-0.1, -0.05) is 53.4 Å². The van der Waals surface area contributed by atoms with E-state index in [1.807, 2.05) is 67.7 Å². The highest BCUT2D eigenvalue weighted by atomic mass is 32.2. The van der Waals surface area contributed by atoms with Crippen LogP contribution in [0, 0.1) is 18.8 Å². The molecule has 0 bridgehead atoms. The summed E-state index contributed by atoms with van der Waals surface area (Å²) in [5, 5.41) is 19.8. The lowest BCUT2D eigenvalue weighted by atomic mass is 9.89. The molecule has 2 saturated heterocycles. The average Bonchev–Trinajstić information content (AvgIpc) is 3.68. The van der Waals surface area contributed by atoms with Gasteiger partial charge in [0.05, 0.1) is 37.0 Å². The predicted molar refractivity (Wildman–Crippen MR) is 214 cm³/mol. The van der Waals surface area contributed by atoms with Crippen LogP contribution in [0.25, 0.3) is 0 Å². The van der Waals surface area contributed by atoms with Gasteiger partial charge in [-0.3, -0.25) is 23.7 Å². The highest BCUT2D eigenvalue weighted by molar-refractivity contribution is 7.90. The third-order valence-electron chi connectivity index (χ3n) is 11.8. The normalized spacial score (nSPS) is 27.8. The lowest BCUT2D eigenvalue weighted by molar-refractivity contribution is -0.0567. The summed E-state index contributed by atoms with van der Waals surface area (Å²) in [6.07, 6.45) is -4.47. The van der Waals surface area contributed by atoms with Gasteiger partial charge in [0.2, 0.25) is 0 Å². The number of H-pyrrole nitrogens is 1. The summed E-state index contributed by atoms with van der Waals surface area (Å²) < 4.78 is 60.9. The third kappa shape index (κ3) is 8.39. The first-order valence-electron chi connectivity index (χ1n) is 18.6. The monoisotopic (exact) mass is 853 g/mol. The fraction of sp³-hybridized carbons (Fsp3) is 0.667. The Hall–Kier alpha value is -3.44. The molecule has 2 aromatic heterocycles. The Morgan fingerprint density at radius 3 is 2.19 bits per heavy atom. The van der Waals surface area contributed by atoms with Crippen molar-refractivity contribution in [1.29, 1.82) is 0 Å². The zero-order valence-corrected chi connectivity index (χ0v) is 37.1. The van der Waals surface area contributed by atoms with E-state index in [4.69, 9.17) is 28.2 Å². The van der Waals surface area contributed by atoms with Crippen molar-refractivity contribution in [2.45, 2.75) is 140 Å². The van der Waals surface area contributed by atoms with Gasteiger partial charge in [0.15, 0.2) is 28.5 Å². The van der Waals surface area contributed by atoms with Gasteiger partial charge >= 0.3 is 11.4 Å². The number of nitrogens with zero attached hydrogens (tertiary/aromatic N) is 3. The molecule has 2 fully saturated rings. The van der Waals surface area contributed by atoms with Crippen LogP contribution in [0.5, 0.6) is 0 Å². The van der Waals surface area contributed by atoms with E-state index in [-0.39, 0.29) is 34.9 Å². The summed E-state index contributed by atoms with van der Waals surface area (Å²) in [5.74, 6) is 5.28. The van der Waals surface area contributed by atoms with Crippen molar-refractivity contribution in [3.63, 3.8) is 0 Å². The Kier molecular flexibility index (Phi) is 12.0. The van der Waals surface area contributed by atoms with Crippen LogP contribution in [0.4, 0.5) is 0 Å². The van der Waals surface area contributed by atoms with Gasteiger partial charge in [0.25, 0.3) is 21.2 Å². The third-order valence-corrected chi connectivity index (χ3v) is 21.8. The van der Waals surface area contributed by atoms with Crippen LogP contribution in [0.15, 0.2) is 42.7 Å². The number of aliphatic hydroxyl groups excluding tert-OH is 2. The van der Waals surface area contributed by atoms with Crippen LogP contribution < -0.4 is 28.2 Å². The average molecular weight is 854 g/mol. The molecule has 7 atom stereocenters. The van der Waals surface area contributed by atoms with E-state index in [2.05, 4.69) is 16.8 Å². The van der Waals surface area contributed by atoms with E-state index in [9.17, 15) is 37.8 Å². The minimum atomic E-state index is -4.34. The molecular weight excluding hydrogens is 799 g/mol. The van der Waals surface area contributed by atoms with Gasteiger partial charge in [-0.25, -0.2) is 18.3 Å². The quantitative estimate of drug-likeness (QED) is 0.157. The number of hydrogen-bond donors (Lipinski definition) is 4.